The van der Waals surface area contributed by atoms with Crippen LogP contribution in [0.2, 0.25) is 0 Å². The molecule has 12 heteroatoms. The van der Waals surface area contributed by atoms with E-state index in [-0.39, 0.29) is 22.4 Å². The van der Waals surface area contributed by atoms with Gasteiger partial charge in [0.15, 0.2) is 17.2 Å². The lowest BCUT2D eigenvalue weighted by molar-refractivity contribution is -0.139. The molecular weight excluding hydrogens is 608 g/mol. The lowest BCUT2D eigenvalue weighted by Crippen LogP contribution is -2.46. The number of aryl methyl sites for hydroxylation is 2. The zero-order valence-corrected chi connectivity index (χ0v) is 24.7. The summed E-state index contributed by atoms with van der Waals surface area (Å²) in [4.78, 5) is 23.2. The molecule has 0 bridgehead atoms. The fourth-order valence-corrected chi connectivity index (χ4v) is 8.68. The molecule has 0 spiro atoms. The van der Waals surface area contributed by atoms with Gasteiger partial charge >= 0.3 is 11.9 Å². The first kappa shape index (κ1) is 29.1. The molecule has 0 radical (unpaired) electrons. The Morgan fingerprint density at radius 1 is 1.10 bits per heavy atom. The Morgan fingerprint density at radius 2 is 1.74 bits per heavy atom. The van der Waals surface area contributed by atoms with Gasteiger partial charge in [-0.2, -0.15) is 0 Å². The van der Waals surface area contributed by atoms with Gasteiger partial charge in [-0.05, 0) is 90.1 Å². The van der Waals surface area contributed by atoms with Crippen LogP contribution in [0.3, 0.4) is 0 Å². The number of nitrogens with one attached hydrogen (secondary N) is 1. The maximum Gasteiger partial charge on any atom is 0.349 e. The van der Waals surface area contributed by atoms with Gasteiger partial charge in [-0.15, -0.1) is 11.3 Å². The SMILES string of the molecule is Cc1cccc(C)c1CS(=O)(=O)N(c1cccc(-c2sc(C(=O)O)c(OCC(=O)O)c2Br)c1)C1CCNCC1. The molecule has 0 saturated carbocycles. The lowest BCUT2D eigenvalue weighted by atomic mass is 10.1. The molecule has 4 rings (SSSR count). The number of carbonyl (C=O) groups is 2. The van der Waals surface area contributed by atoms with Crippen LogP contribution in [0.4, 0.5) is 5.69 Å². The number of rotatable bonds is 10. The van der Waals surface area contributed by atoms with Gasteiger partial charge in [-0.25, -0.2) is 18.0 Å². The van der Waals surface area contributed by atoms with Crippen molar-refractivity contribution in [3.63, 3.8) is 0 Å². The monoisotopic (exact) mass is 636 g/mol. The minimum Gasteiger partial charge on any atom is -0.479 e. The molecule has 208 valence electrons. The van der Waals surface area contributed by atoms with Gasteiger partial charge < -0.3 is 20.3 Å². The minimum atomic E-state index is -3.80. The Bertz CT molecular complexity index is 1480. The standard InChI is InChI=1S/C27H29BrN2O7S2/c1-16-5-3-6-17(2)21(16)15-39(35,36)30(19-9-11-29-12-10-19)20-8-4-7-18(13-20)25-23(28)24(37-14-22(31)32)26(38-25)27(33)34/h3-8,13,19,29H,9-12,14-15H2,1-2H3,(H,31,32)(H,33,34). The number of piperidine rings is 1. The van der Waals surface area contributed by atoms with Crippen LogP contribution >= 0.6 is 27.3 Å². The number of carboxylic acids is 2. The summed E-state index contributed by atoms with van der Waals surface area (Å²) >= 11 is 4.31. The number of aromatic carboxylic acids is 1. The summed E-state index contributed by atoms with van der Waals surface area (Å²) < 4.78 is 35.2. The van der Waals surface area contributed by atoms with Crippen molar-refractivity contribution in [2.24, 2.45) is 0 Å². The molecule has 3 N–H and O–H groups in total. The topological polar surface area (TPSA) is 133 Å². The second-order valence-electron chi connectivity index (χ2n) is 9.34. The third kappa shape index (κ3) is 6.46. The van der Waals surface area contributed by atoms with Gasteiger partial charge in [0.1, 0.15) is 0 Å². The number of hydrogen-bond donors (Lipinski definition) is 3. The predicted molar refractivity (Wildman–Crippen MR) is 154 cm³/mol. The zero-order chi connectivity index (χ0) is 28.3. The number of thiophene rings is 1. The second kappa shape index (κ2) is 12.1. The molecule has 0 unspecified atom stereocenters. The van der Waals surface area contributed by atoms with E-state index in [9.17, 15) is 23.1 Å². The van der Waals surface area contributed by atoms with E-state index in [4.69, 9.17) is 9.84 Å². The molecule has 1 aromatic heterocycles. The minimum absolute atomic E-state index is 0.0758. The Hall–Kier alpha value is -2.93. The Balaban J connectivity index is 1.79. The first-order valence-electron chi connectivity index (χ1n) is 12.3. The number of halogens is 1. The van der Waals surface area contributed by atoms with Crippen LogP contribution in [0.25, 0.3) is 10.4 Å². The number of sulfonamides is 1. The molecule has 39 heavy (non-hydrogen) atoms. The molecule has 0 amide bonds. The normalized spacial score (nSPS) is 14.2. The molecule has 0 atom stereocenters. The average Bonchev–Trinajstić information content (AvgIpc) is 3.22. The highest BCUT2D eigenvalue weighted by molar-refractivity contribution is 9.10. The molecule has 1 fully saturated rings. The van der Waals surface area contributed by atoms with Crippen molar-refractivity contribution < 1.29 is 33.0 Å². The van der Waals surface area contributed by atoms with Crippen molar-refractivity contribution in [3.8, 4) is 16.2 Å². The average molecular weight is 638 g/mol. The van der Waals surface area contributed by atoms with Gasteiger partial charge in [0.2, 0.25) is 10.0 Å². The lowest BCUT2D eigenvalue weighted by Gasteiger charge is -2.36. The van der Waals surface area contributed by atoms with Gasteiger partial charge in [0.05, 0.1) is 20.8 Å². The van der Waals surface area contributed by atoms with Gasteiger partial charge in [-0.1, -0.05) is 30.3 Å². The summed E-state index contributed by atoms with van der Waals surface area (Å²) in [6, 6.07) is 12.4. The summed E-state index contributed by atoms with van der Waals surface area (Å²) in [5, 5.41) is 22.0. The summed E-state index contributed by atoms with van der Waals surface area (Å²) in [7, 11) is -3.80. The van der Waals surface area contributed by atoms with E-state index in [0.717, 1.165) is 28.0 Å². The summed E-state index contributed by atoms with van der Waals surface area (Å²) in [5.41, 5.74) is 3.67. The van der Waals surface area contributed by atoms with Gasteiger partial charge in [-0.3, -0.25) is 4.31 Å². The number of hydrogen-bond acceptors (Lipinski definition) is 7. The number of aliphatic carboxylic acids is 1. The first-order valence-corrected chi connectivity index (χ1v) is 15.5. The highest BCUT2D eigenvalue weighted by atomic mass is 79.9. The number of carboxylic acid groups (broad SMARTS) is 2. The fraction of sp³-hybridized carbons (Fsp3) is 0.333. The van der Waals surface area contributed by atoms with Crippen molar-refractivity contribution in [3.05, 3.63) is 68.5 Å². The van der Waals surface area contributed by atoms with Crippen LogP contribution in [-0.4, -0.2) is 56.3 Å². The predicted octanol–water partition coefficient (Wildman–Crippen LogP) is 5.04. The van der Waals surface area contributed by atoms with E-state index in [0.29, 0.717) is 46.5 Å². The highest BCUT2D eigenvalue weighted by Crippen LogP contribution is 2.46. The molecule has 2 aromatic carbocycles. The summed E-state index contributed by atoms with van der Waals surface area (Å²) in [5.74, 6) is -2.71. The smallest absolute Gasteiger partial charge is 0.349 e. The Morgan fingerprint density at radius 3 is 2.36 bits per heavy atom. The van der Waals surface area contributed by atoms with Crippen molar-refractivity contribution in [1.29, 1.82) is 0 Å². The second-order valence-corrected chi connectivity index (χ2v) is 13.0. The van der Waals surface area contributed by atoms with Gasteiger partial charge in [0.25, 0.3) is 0 Å². The van der Waals surface area contributed by atoms with Crippen molar-refractivity contribution in [2.45, 2.75) is 38.5 Å². The van der Waals surface area contributed by atoms with Gasteiger partial charge in [0, 0.05) is 6.04 Å². The largest absolute Gasteiger partial charge is 0.479 e. The van der Waals surface area contributed by atoms with Crippen molar-refractivity contribution in [2.75, 3.05) is 24.0 Å². The van der Waals surface area contributed by atoms with E-state index in [1.807, 2.05) is 32.0 Å². The Labute approximate surface area is 239 Å². The molecule has 1 saturated heterocycles. The van der Waals surface area contributed by atoms with Crippen molar-refractivity contribution >= 4 is 54.9 Å². The molecule has 1 aliphatic rings. The molecule has 0 aliphatic carbocycles. The maximum atomic E-state index is 14.1. The zero-order valence-electron chi connectivity index (χ0n) is 21.4. The molecular formula is C27H29BrN2O7S2. The number of ether oxygens (including phenoxy) is 1. The van der Waals surface area contributed by atoms with Crippen LogP contribution in [0.1, 0.15) is 39.2 Å². The van der Waals surface area contributed by atoms with E-state index in [1.165, 1.54) is 4.31 Å². The van der Waals surface area contributed by atoms with Crippen LogP contribution < -0.4 is 14.4 Å². The first-order chi connectivity index (χ1) is 18.5. The van der Waals surface area contributed by atoms with Crippen LogP contribution in [0.5, 0.6) is 5.75 Å². The van der Waals surface area contributed by atoms with E-state index in [2.05, 4.69) is 21.2 Å². The summed E-state index contributed by atoms with van der Waals surface area (Å²) in [6.07, 6.45) is 1.30. The number of anilines is 1. The van der Waals surface area contributed by atoms with Crippen LogP contribution in [0, 0.1) is 13.8 Å². The number of benzene rings is 2. The molecule has 2 heterocycles. The fourth-order valence-electron chi connectivity index (χ4n) is 4.74. The van der Waals surface area contributed by atoms with Crippen LogP contribution in [-0.2, 0) is 20.6 Å². The summed E-state index contributed by atoms with van der Waals surface area (Å²) in [6.45, 7) is 4.51. The third-order valence-electron chi connectivity index (χ3n) is 6.62. The van der Waals surface area contributed by atoms with E-state index in [1.54, 1.807) is 24.3 Å². The Kier molecular flexibility index (Phi) is 9.00. The molecule has 1 aliphatic heterocycles. The molecule has 3 aromatic rings. The van der Waals surface area contributed by atoms with Crippen LogP contribution in [0.15, 0.2) is 46.9 Å². The molecule has 9 nitrogen and oxygen atoms in total. The quantitative estimate of drug-likeness (QED) is 0.282. The number of nitrogens with zero attached hydrogens (tertiary/aromatic N) is 1. The van der Waals surface area contributed by atoms with E-state index < -0.39 is 28.6 Å². The van der Waals surface area contributed by atoms with Crippen molar-refractivity contribution in [1.82, 2.24) is 5.32 Å². The highest BCUT2D eigenvalue weighted by Gasteiger charge is 2.33. The van der Waals surface area contributed by atoms with E-state index >= 15 is 0 Å². The maximum absolute atomic E-state index is 14.1. The third-order valence-corrected chi connectivity index (χ3v) is 10.6.